The predicted molar refractivity (Wildman–Crippen MR) is 58.1 cm³/mol. The van der Waals surface area contributed by atoms with Gasteiger partial charge in [0.2, 0.25) is 0 Å². The van der Waals surface area contributed by atoms with Crippen molar-refractivity contribution >= 4 is 0 Å². The van der Waals surface area contributed by atoms with Crippen LogP contribution in [0.2, 0.25) is 0 Å². The first-order chi connectivity index (χ1) is 7.40. The van der Waals surface area contributed by atoms with Crippen molar-refractivity contribution in [2.75, 3.05) is 19.6 Å². The molecule has 2 N–H and O–H groups in total. The first-order valence-electron chi connectivity index (χ1n) is 5.95. The number of hydrogen-bond donors (Lipinski definition) is 1. The minimum atomic E-state index is -4.08. The summed E-state index contributed by atoms with van der Waals surface area (Å²) in [5, 5.41) is 0. The van der Waals surface area contributed by atoms with Gasteiger partial charge in [0.25, 0.3) is 0 Å². The molecular formula is C11H21F3N2. The van der Waals surface area contributed by atoms with Crippen molar-refractivity contribution in [3.05, 3.63) is 0 Å². The molecule has 0 heterocycles. The van der Waals surface area contributed by atoms with Gasteiger partial charge in [0.15, 0.2) is 0 Å². The third kappa shape index (κ3) is 5.16. The minimum absolute atomic E-state index is 0.258. The maximum atomic E-state index is 12.2. The van der Waals surface area contributed by atoms with Crippen LogP contribution in [0, 0.1) is 5.92 Å². The van der Waals surface area contributed by atoms with Crippen LogP contribution in [0.1, 0.15) is 32.6 Å². The van der Waals surface area contributed by atoms with Crippen LogP contribution < -0.4 is 5.73 Å². The Labute approximate surface area is 95.0 Å². The molecule has 2 nitrogen and oxygen atoms in total. The van der Waals surface area contributed by atoms with Crippen LogP contribution in [-0.4, -0.2) is 36.8 Å². The molecule has 96 valence electrons. The Kier molecular flexibility index (Phi) is 5.05. The van der Waals surface area contributed by atoms with Crippen molar-refractivity contribution in [2.45, 2.75) is 44.8 Å². The quantitative estimate of drug-likeness (QED) is 0.814. The van der Waals surface area contributed by atoms with Gasteiger partial charge in [0.05, 0.1) is 6.54 Å². The lowest BCUT2D eigenvalue weighted by molar-refractivity contribution is -0.147. The molecule has 0 atom stereocenters. The maximum absolute atomic E-state index is 12.2. The Morgan fingerprint density at radius 2 is 1.75 bits per heavy atom. The lowest BCUT2D eigenvalue weighted by Crippen LogP contribution is -2.39. The summed E-state index contributed by atoms with van der Waals surface area (Å²) in [6, 6.07) is 0.258. The second-order valence-corrected chi connectivity index (χ2v) is 4.72. The molecule has 5 heteroatoms. The SMILES string of the molecule is CCN(CC1CCC(N)CC1)CC(F)(F)F. The molecule has 0 spiro atoms. The number of nitrogens with two attached hydrogens (primary N) is 1. The van der Waals surface area contributed by atoms with E-state index in [4.69, 9.17) is 5.73 Å². The lowest BCUT2D eigenvalue weighted by atomic mass is 9.86. The summed E-state index contributed by atoms with van der Waals surface area (Å²) in [6.45, 7) is 2.01. The molecule has 16 heavy (non-hydrogen) atoms. The van der Waals surface area contributed by atoms with Crippen LogP contribution in [-0.2, 0) is 0 Å². The van der Waals surface area contributed by atoms with Gasteiger partial charge in [0.1, 0.15) is 0 Å². The van der Waals surface area contributed by atoms with E-state index >= 15 is 0 Å². The molecule has 0 amide bonds. The molecule has 0 radical (unpaired) electrons. The smallest absolute Gasteiger partial charge is 0.328 e. The van der Waals surface area contributed by atoms with E-state index in [2.05, 4.69) is 0 Å². The highest BCUT2D eigenvalue weighted by atomic mass is 19.4. The molecule has 1 aliphatic rings. The van der Waals surface area contributed by atoms with Crippen LogP contribution in [0.5, 0.6) is 0 Å². The average molecular weight is 238 g/mol. The molecule has 0 aliphatic heterocycles. The normalized spacial score (nSPS) is 27.4. The molecule has 1 fully saturated rings. The van der Waals surface area contributed by atoms with Crippen molar-refractivity contribution in [3.8, 4) is 0 Å². The van der Waals surface area contributed by atoms with E-state index < -0.39 is 12.7 Å². The van der Waals surface area contributed by atoms with Crippen LogP contribution in [0.25, 0.3) is 0 Å². The van der Waals surface area contributed by atoms with Gasteiger partial charge in [-0.05, 0) is 38.1 Å². The zero-order valence-corrected chi connectivity index (χ0v) is 9.76. The number of rotatable bonds is 4. The molecule has 0 saturated heterocycles. The van der Waals surface area contributed by atoms with Gasteiger partial charge in [-0.2, -0.15) is 13.2 Å². The monoisotopic (exact) mass is 238 g/mol. The van der Waals surface area contributed by atoms with E-state index in [0.29, 0.717) is 19.0 Å². The summed E-state index contributed by atoms with van der Waals surface area (Å²) in [4.78, 5) is 1.49. The second-order valence-electron chi connectivity index (χ2n) is 4.72. The Balaban J connectivity index is 2.33. The van der Waals surface area contributed by atoms with E-state index in [0.717, 1.165) is 25.7 Å². The molecule has 0 bridgehead atoms. The summed E-state index contributed by atoms with van der Waals surface area (Å²) in [7, 11) is 0. The fraction of sp³-hybridized carbons (Fsp3) is 1.00. The number of nitrogens with zero attached hydrogens (tertiary/aromatic N) is 1. The first-order valence-corrected chi connectivity index (χ1v) is 5.95. The molecule has 0 aromatic carbocycles. The highest BCUT2D eigenvalue weighted by Crippen LogP contribution is 2.25. The van der Waals surface area contributed by atoms with Crippen molar-refractivity contribution in [1.29, 1.82) is 0 Å². The largest absolute Gasteiger partial charge is 0.401 e. The maximum Gasteiger partial charge on any atom is 0.401 e. The van der Waals surface area contributed by atoms with Crippen LogP contribution >= 0.6 is 0 Å². The Bertz CT molecular complexity index is 198. The van der Waals surface area contributed by atoms with Gasteiger partial charge in [-0.25, -0.2) is 0 Å². The third-order valence-electron chi connectivity index (χ3n) is 3.26. The van der Waals surface area contributed by atoms with Crippen LogP contribution in [0.4, 0.5) is 13.2 Å². The van der Waals surface area contributed by atoms with Gasteiger partial charge in [0, 0.05) is 12.6 Å². The zero-order valence-electron chi connectivity index (χ0n) is 9.76. The van der Waals surface area contributed by atoms with Gasteiger partial charge < -0.3 is 5.73 Å². The second kappa shape index (κ2) is 5.87. The van der Waals surface area contributed by atoms with Crippen LogP contribution in [0.15, 0.2) is 0 Å². The van der Waals surface area contributed by atoms with Gasteiger partial charge in [-0.1, -0.05) is 6.92 Å². The average Bonchev–Trinajstić information content (AvgIpc) is 2.18. The Hall–Kier alpha value is -0.290. The fourth-order valence-corrected chi connectivity index (χ4v) is 2.29. The summed E-state index contributed by atoms with van der Waals surface area (Å²) >= 11 is 0. The summed E-state index contributed by atoms with van der Waals surface area (Å²) < 4.78 is 36.7. The van der Waals surface area contributed by atoms with Crippen molar-refractivity contribution < 1.29 is 13.2 Å². The molecule has 1 saturated carbocycles. The molecular weight excluding hydrogens is 217 g/mol. The van der Waals surface area contributed by atoms with E-state index in [-0.39, 0.29) is 6.04 Å². The highest BCUT2D eigenvalue weighted by Gasteiger charge is 2.31. The summed E-state index contributed by atoms with van der Waals surface area (Å²) in [6.07, 6.45) is -0.241. The molecule has 0 unspecified atom stereocenters. The van der Waals surface area contributed by atoms with Crippen molar-refractivity contribution in [2.24, 2.45) is 11.7 Å². The summed E-state index contributed by atoms with van der Waals surface area (Å²) in [5.41, 5.74) is 5.77. The summed E-state index contributed by atoms with van der Waals surface area (Å²) in [5.74, 6) is 0.391. The van der Waals surface area contributed by atoms with E-state index in [1.807, 2.05) is 0 Å². The third-order valence-corrected chi connectivity index (χ3v) is 3.26. The predicted octanol–water partition coefficient (Wildman–Crippen LogP) is 2.39. The topological polar surface area (TPSA) is 29.3 Å². The number of halogens is 3. The number of hydrogen-bond acceptors (Lipinski definition) is 2. The van der Waals surface area contributed by atoms with E-state index in [1.165, 1.54) is 4.90 Å². The molecule has 1 aliphatic carbocycles. The Morgan fingerprint density at radius 3 is 2.19 bits per heavy atom. The standard InChI is InChI=1S/C11H21F3N2/c1-2-16(8-11(12,13)14)7-9-3-5-10(15)6-4-9/h9-10H,2-8,15H2,1H3. The Morgan fingerprint density at radius 1 is 1.19 bits per heavy atom. The fourth-order valence-electron chi connectivity index (χ4n) is 2.29. The molecule has 1 rings (SSSR count). The van der Waals surface area contributed by atoms with E-state index in [1.54, 1.807) is 6.92 Å². The molecule has 0 aromatic heterocycles. The van der Waals surface area contributed by atoms with Crippen molar-refractivity contribution in [3.63, 3.8) is 0 Å². The molecule has 0 aromatic rings. The van der Waals surface area contributed by atoms with Gasteiger partial charge >= 0.3 is 6.18 Å². The first kappa shape index (κ1) is 13.8. The van der Waals surface area contributed by atoms with E-state index in [9.17, 15) is 13.2 Å². The highest BCUT2D eigenvalue weighted by molar-refractivity contribution is 4.77. The minimum Gasteiger partial charge on any atom is -0.328 e. The van der Waals surface area contributed by atoms with Crippen LogP contribution in [0.3, 0.4) is 0 Å². The number of alkyl halides is 3. The van der Waals surface area contributed by atoms with Crippen molar-refractivity contribution in [1.82, 2.24) is 4.90 Å². The lowest BCUT2D eigenvalue weighted by Gasteiger charge is -2.31. The van der Waals surface area contributed by atoms with Gasteiger partial charge in [-0.15, -0.1) is 0 Å². The zero-order chi connectivity index (χ0) is 12.2. The van der Waals surface area contributed by atoms with Gasteiger partial charge in [-0.3, -0.25) is 4.90 Å².